The number of thiophene rings is 1. The van der Waals surface area contributed by atoms with Crippen molar-refractivity contribution in [2.75, 3.05) is 16.8 Å². The van der Waals surface area contributed by atoms with Crippen LogP contribution < -0.4 is 10.2 Å². The first-order valence-corrected chi connectivity index (χ1v) is 7.59. The van der Waals surface area contributed by atoms with E-state index in [1.807, 2.05) is 0 Å². The molecule has 4 nitrogen and oxygen atoms in total. The number of aromatic nitrogens is 2. The van der Waals surface area contributed by atoms with Crippen LogP contribution in [-0.2, 0) is 6.54 Å². The Balaban J connectivity index is 1.81. The second-order valence-electron chi connectivity index (χ2n) is 4.73. The van der Waals surface area contributed by atoms with E-state index in [9.17, 15) is 0 Å². The first kappa shape index (κ1) is 12.4. The quantitative estimate of drug-likeness (QED) is 0.878. The molecule has 0 aromatic carbocycles. The predicted octanol–water partition coefficient (Wildman–Crippen LogP) is 3.14. The molecule has 0 aliphatic heterocycles. The van der Waals surface area contributed by atoms with Crippen LogP contribution in [0.1, 0.15) is 24.6 Å². The third-order valence-electron chi connectivity index (χ3n) is 3.20. The first-order chi connectivity index (χ1) is 9.36. The van der Waals surface area contributed by atoms with Crippen molar-refractivity contribution in [3.8, 4) is 0 Å². The van der Waals surface area contributed by atoms with Crippen LogP contribution in [0.4, 0.5) is 11.6 Å². The van der Waals surface area contributed by atoms with Crippen molar-refractivity contribution >= 4 is 23.0 Å². The van der Waals surface area contributed by atoms with Crippen LogP contribution in [-0.4, -0.2) is 22.6 Å². The van der Waals surface area contributed by atoms with Crippen LogP contribution >= 0.6 is 11.3 Å². The average Bonchev–Trinajstić information content (AvgIpc) is 3.14. The van der Waals surface area contributed by atoms with Gasteiger partial charge in [0.05, 0.1) is 6.54 Å². The van der Waals surface area contributed by atoms with Gasteiger partial charge in [-0.3, -0.25) is 0 Å². The van der Waals surface area contributed by atoms with Gasteiger partial charge in [-0.25, -0.2) is 9.97 Å². The van der Waals surface area contributed by atoms with E-state index < -0.39 is 0 Å². The molecule has 0 radical (unpaired) electrons. The lowest BCUT2D eigenvalue weighted by Gasteiger charge is -2.23. The summed E-state index contributed by atoms with van der Waals surface area (Å²) >= 11 is 1.80. The van der Waals surface area contributed by atoms with Gasteiger partial charge in [0.25, 0.3) is 0 Å². The molecule has 1 fully saturated rings. The highest BCUT2D eigenvalue weighted by atomic mass is 32.1. The highest BCUT2D eigenvalue weighted by Gasteiger charge is 2.30. The van der Waals surface area contributed by atoms with Crippen molar-refractivity contribution in [1.29, 1.82) is 0 Å². The standard InChI is InChI=1S/C14H18N4S/c1-2-15-13-8-14(17-10-16-13)18(11-5-6-11)9-12-4-3-7-19-12/h3-4,7-8,10-11H,2,5-6,9H2,1H3,(H,15,16,17). The number of nitrogens with zero attached hydrogens (tertiary/aromatic N) is 3. The van der Waals surface area contributed by atoms with Gasteiger partial charge in [0.15, 0.2) is 0 Å². The predicted molar refractivity (Wildman–Crippen MR) is 79.7 cm³/mol. The van der Waals surface area contributed by atoms with Gasteiger partial charge in [-0.1, -0.05) is 6.07 Å². The summed E-state index contributed by atoms with van der Waals surface area (Å²) in [4.78, 5) is 12.5. The lowest BCUT2D eigenvalue weighted by Crippen LogP contribution is -2.25. The maximum Gasteiger partial charge on any atom is 0.134 e. The van der Waals surface area contributed by atoms with Crippen LogP contribution in [0.5, 0.6) is 0 Å². The molecule has 1 saturated carbocycles. The van der Waals surface area contributed by atoms with E-state index in [2.05, 4.69) is 50.7 Å². The normalized spacial score (nSPS) is 14.4. The third-order valence-corrected chi connectivity index (χ3v) is 4.06. The summed E-state index contributed by atoms with van der Waals surface area (Å²) in [6.45, 7) is 3.90. The third kappa shape index (κ3) is 3.04. The molecule has 19 heavy (non-hydrogen) atoms. The van der Waals surface area contributed by atoms with Crippen LogP contribution in [0.2, 0.25) is 0 Å². The lowest BCUT2D eigenvalue weighted by atomic mass is 10.3. The zero-order chi connectivity index (χ0) is 13.1. The average molecular weight is 274 g/mol. The fourth-order valence-corrected chi connectivity index (χ4v) is 2.84. The van der Waals surface area contributed by atoms with Crippen molar-refractivity contribution < 1.29 is 0 Å². The monoisotopic (exact) mass is 274 g/mol. The summed E-state index contributed by atoms with van der Waals surface area (Å²) in [6.07, 6.45) is 4.19. The highest BCUT2D eigenvalue weighted by molar-refractivity contribution is 7.09. The smallest absolute Gasteiger partial charge is 0.134 e. The van der Waals surface area contributed by atoms with E-state index >= 15 is 0 Å². The summed E-state index contributed by atoms with van der Waals surface area (Å²) in [6, 6.07) is 6.99. The molecular weight excluding hydrogens is 256 g/mol. The van der Waals surface area contributed by atoms with Crippen molar-refractivity contribution in [3.05, 3.63) is 34.8 Å². The van der Waals surface area contributed by atoms with Crippen molar-refractivity contribution in [1.82, 2.24) is 9.97 Å². The van der Waals surface area contributed by atoms with Crippen molar-refractivity contribution in [3.63, 3.8) is 0 Å². The molecule has 3 rings (SSSR count). The molecule has 1 aliphatic carbocycles. The van der Waals surface area contributed by atoms with E-state index in [4.69, 9.17) is 0 Å². The summed E-state index contributed by atoms with van der Waals surface area (Å²) in [7, 11) is 0. The molecule has 2 aromatic rings. The summed E-state index contributed by atoms with van der Waals surface area (Å²) in [5.74, 6) is 1.94. The van der Waals surface area contributed by atoms with E-state index in [0.29, 0.717) is 6.04 Å². The molecule has 100 valence electrons. The van der Waals surface area contributed by atoms with Gasteiger partial charge >= 0.3 is 0 Å². The number of anilines is 2. The van der Waals surface area contributed by atoms with Crippen LogP contribution in [0.25, 0.3) is 0 Å². The van der Waals surface area contributed by atoms with E-state index in [1.54, 1.807) is 17.7 Å². The molecule has 2 heterocycles. The van der Waals surface area contributed by atoms with Crippen LogP contribution in [0.15, 0.2) is 29.9 Å². The molecular formula is C14H18N4S. The van der Waals surface area contributed by atoms with E-state index in [1.165, 1.54) is 17.7 Å². The van der Waals surface area contributed by atoms with Gasteiger partial charge in [-0.05, 0) is 31.2 Å². The zero-order valence-corrected chi connectivity index (χ0v) is 11.9. The molecule has 1 N–H and O–H groups in total. The first-order valence-electron chi connectivity index (χ1n) is 6.71. The fraction of sp³-hybridized carbons (Fsp3) is 0.429. The zero-order valence-electron chi connectivity index (χ0n) is 11.0. The van der Waals surface area contributed by atoms with Gasteiger partial charge < -0.3 is 10.2 Å². The maximum absolute atomic E-state index is 4.44. The van der Waals surface area contributed by atoms with Gasteiger partial charge in [0.2, 0.25) is 0 Å². The topological polar surface area (TPSA) is 41.0 Å². The number of hydrogen-bond donors (Lipinski definition) is 1. The maximum atomic E-state index is 4.44. The van der Waals surface area contributed by atoms with Gasteiger partial charge in [0, 0.05) is 23.5 Å². The molecule has 0 bridgehead atoms. The highest BCUT2D eigenvalue weighted by Crippen LogP contribution is 2.33. The van der Waals surface area contributed by atoms with Gasteiger partial charge in [0.1, 0.15) is 18.0 Å². The Labute approximate surface area is 117 Å². The minimum Gasteiger partial charge on any atom is -0.370 e. The number of hydrogen-bond acceptors (Lipinski definition) is 5. The lowest BCUT2D eigenvalue weighted by molar-refractivity contribution is 0.783. The Morgan fingerprint density at radius 2 is 2.32 bits per heavy atom. The minimum absolute atomic E-state index is 0.645. The second kappa shape index (κ2) is 5.57. The molecule has 5 heteroatoms. The minimum atomic E-state index is 0.645. The fourth-order valence-electron chi connectivity index (χ4n) is 2.14. The van der Waals surface area contributed by atoms with E-state index in [-0.39, 0.29) is 0 Å². The SMILES string of the molecule is CCNc1cc(N(Cc2cccs2)C2CC2)ncn1. The van der Waals surface area contributed by atoms with Gasteiger partial charge in [-0.2, -0.15) is 0 Å². The Hall–Kier alpha value is -1.62. The molecule has 0 spiro atoms. The molecule has 0 unspecified atom stereocenters. The largest absolute Gasteiger partial charge is 0.370 e. The Morgan fingerprint density at radius 1 is 1.42 bits per heavy atom. The van der Waals surface area contributed by atoms with Crippen LogP contribution in [0, 0.1) is 0 Å². The van der Waals surface area contributed by atoms with E-state index in [0.717, 1.165) is 24.7 Å². The Morgan fingerprint density at radius 3 is 3.00 bits per heavy atom. The van der Waals surface area contributed by atoms with Crippen LogP contribution in [0.3, 0.4) is 0 Å². The van der Waals surface area contributed by atoms with Gasteiger partial charge in [-0.15, -0.1) is 11.3 Å². The summed E-state index contributed by atoms with van der Waals surface area (Å²) in [5.41, 5.74) is 0. The second-order valence-corrected chi connectivity index (χ2v) is 5.76. The Bertz CT molecular complexity index is 522. The molecule has 1 aliphatic rings. The molecule has 2 aromatic heterocycles. The molecule has 0 amide bonds. The summed E-state index contributed by atoms with van der Waals surface area (Å²) < 4.78 is 0. The number of nitrogens with one attached hydrogen (secondary N) is 1. The number of rotatable bonds is 6. The molecule has 0 saturated heterocycles. The summed E-state index contributed by atoms with van der Waals surface area (Å²) in [5, 5.41) is 5.38. The van der Waals surface area contributed by atoms with Crippen molar-refractivity contribution in [2.24, 2.45) is 0 Å². The van der Waals surface area contributed by atoms with Crippen molar-refractivity contribution in [2.45, 2.75) is 32.4 Å². The molecule has 0 atom stereocenters. The Kier molecular flexibility index (Phi) is 3.64.